The molecule has 1 N–H and O–H groups in total. The van der Waals surface area contributed by atoms with Crippen LogP contribution >= 0.6 is 22.6 Å². The number of hydrogen-bond acceptors (Lipinski definition) is 2. The minimum Gasteiger partial charge on any atom is -0.381 e. The number of ether oxygens (including phenoxy) is 1. The second-order valence-corrected chi connectivity index (χ2v) is 5.67. The second kappa shape index (κ2) is 6.71. The molecule has 2 nitrogen and oxygen atoms in total. The van der Waals surface area contributed by atoms with Crippen molar-refractivity contribution in [1.82, 2.24) is 5.32 Å². The van der Waals surface area contributed by atoms with Gasteiger partial charge in [0.05, 0.1) is 0 Å². The van der Waals surface area contributed by atoms with Crippen LogP contribution in [0.25, 0.3) is 0 Å². The van der Waals surface area contributed by atoms with Gasteiger partial charge in [-0.15, -0.1) is 0 Å². The van der Waals surface area contributed by atoms with Crippen LogP contribution in [0.1, 0.15) is 31.4 Å². The molecule has 1 unspecified atom stereocenters. The van der Waals surface area contributed by atoms with Crippen molar-refractivity contribution in [3.63, 3.8) is 0 Å². The molecular weight excluding hydrogens is 325 g/mol. The van der Waals surface area contributed by atoms with Gasteiger partial charge >= 0.3 is 0 Å². The van der Waals surface area contributed by atoms with E-state index in [2.05, 4.69) is 59.1 Å². The summed E-state index contributed by atoms with van der Waals surface area (Å²) in [5, 5.41) is 3.65. The van der Waals surface area contributed by atoms with Gasteiger partial charge in [0.25, 0.3) is 0 Å². The average molecular weight is 345 g/mol. The van der Waals surface area contributed by atoms with Crippen molar-refractivity contribution >= 4 is 22.6 Å². The second-order valence-electron chi connectivity index (χ2n) is 4.51. The quantitative estimate of drug-likeness (QED) is 0.845. The standard InChI is InChI=1S/C14H20INO/c1-2-16-14(11-7-9-17-10-8-11)12-5-3-4-6-13(12)15/h3-6,11,14,16H,2,7-10H2,1H3. The van der Waals surface area contributed by atoms with Crippen molar-refractivity contribution in [3.05, 3.63) is 33.4 Å². The summed E-state index contributed by atoms with van der Waals surface area (Å²) in [6, 6.07) is 9.18. The lowest BCUT2D eigenvalue weighted by molar-refractivity contribution is 0.0537. The van der Waals surface area contributed by atoms with E-state index in [1.54, 1.807) is 0 Å². The molecule has 0 radical (unpaired) electrons. The Hall–Kier alpha value is -0.130. The van der Waals surface area contributed by atoms with Crippen LogP contribution in [0.4, 0.5) is 0 Å². The van der Waals surface area contributed by atoms with Crippen molar-refractivity contribution in [3.8, 4) is 0 Å². The molecule has 1 aliphatic rings. The highest BCUT2D eigenvalue weighted by molar-refractivity contribution is 14.1. The fraction of sp³-hybridized carbons (Fsp3) is 0.571. The highest BCUT2D eigenvalue weighted by Crippen LogP contribution is 2.32. The van der Waals surface area contributed by atoms with Crippen LogP contribution in [0.2, 0.25) is 0 Å². The van der Waals surface area contributed by atoms with Crippen LogP contribution in [0.15, 0.2) is 24.3 Å². The lowest BCUT2D eigenvalue weighted by atomic mass is 9.87. The predicted octanol–water partition coefficient (Wildman–Crippen LogP) is 3.37. The van der Waals surface area contributed by atoms with Crippen molar-refractivity contribution in [2.24, 2.45) is 5.92 Å². The van der Waals surface area contributed by atoms with E-state index in [0.29, 0.717) is 12.0 Å². The van der Waals surface area contributed by atoms with Crippen LogP contribution in [0.3, 0.4) is 0 Å². The van der Waals surface area contributed by atoms with E-state index in [4.69, 9.17) is 4.74 Å². The van der Waals surface area contributed by atoms with Gasteiger partial charge in [-0.3, -0.25) is 0 Å². The van der Waals surface area contributed by atoms with Gasteiger partial charge in [-0.2, -0.15) is 0 Å². The topological polar surface area (TPSA) is 21.3 Å². The summed E-state index contributed by atoms with van der Waals surface area (Å²) in [5.74, 6) is 0.708. The highest BCUT2D eigenvalue weighted by Gasteiger charge is 2.25. The summed E-state index contributed by atoms with van der Waals surface area (Å²) in [4.78, 5) is 0. The first-order chi connectivity index (χ1) is 8.33. The SMILES string of the molecule is CCNC(c1ccccc1I)C1CCOCC1. The molecule has 0 bridgehead atoms. The molecule has 1 saturated heterocycles. The molecule has 0 spiro atoms. The van der Waals surface area contributed by atoms with Crippen LogP contribution in [-0.2, 0) is 4.74 Å². The Kier molecular flexibility index (Phi) is 5.25. The molecule has 1 fully saturated rings. The normalized spacial score (nSPS) is 19.2. The minimum atomic E-state index is 0.483. The number of halogens is 1. The Morgan fingerprint density at radius 1 is 1.35 bits per heavy atom. The van der Waals surface area contributed by atoms with Gasteiger partial charge in [0.2, 0.25) is 0 Å². The molecule has 1 atom stereocenters. The molecule has 3 heteroatoms. The van der Waals surface area contributed by atoms with E-state index in [1.807, 2.05) is 0 Å². The molecule has 1 aromatic carbocycles. The van der Waals surface area contributed by atoms with Gasteiger partial charge < -0.3 is 10.1 Å². The fourth-order valence-electron chi connectivity index (χ4n) is 2.53. The van der Waals surface area contributed by atoms with Gasteiger partial charge in [0.1, 0.15) is 0 Å². The van der Waals surface area contributed by atoms with Crippen molar-refractivity contribution in [1.29, 1.82) is 0 Å². The van der Waals surface area contributed by atoms with Gasteiger partial charge in [0, 0.05) is 22.8 Å². The summed E-state index contributed by atoms with van der Waals surface area (Å²) in [5.41, 5.74) is 1.45. The summed E-state index contributed by atoms with van der Waals surface area (Å²) in [7, 11) is 0. The van der Waals surface area contributed by atoms with Gasteiger partial charge in [-0.25, -0.2) is 0 Å². The Bertz CT molecular complexity index is 350. The molecular formula is C14H20INO. The van der Waals surface area contributed by atoms with Crippen LogP contribution < -0.4 is 5.32 Å². The summed E-state index contributed by atoms with van der Waals surface area (Å²) in [6.07, 6.45) is 2.34. The van der Waals surface area contributed by atoms with Gasteiger partial charge in [0.15, 0.2) is 0 Å². The molecule has 94 valence electrons. The van der Waals surface area contributed by atoms with E-state index in [1.165, 1.54) is 22.0 Å². The third kappa shape index (κ3) is 3.42. The predicted molar refractivity (Wildman–Crippen MR) is 79.1 cm³/mol. The van der Waals surface area contributed by atoms with Crippen molar-refractivity contribution in [2.45, 2.75) is 25.8 Å². The maximum Gasteiger partial charge on any atom is 0.0469 e. The van der Waals surface area contributed by atoms with Gasteiger partial charge in [-0.1, -0.05) is 25.1 Å². The maximum atomic E-state index is 5.46. The molecule has 1 aromatic rings. The van der Waals surface area contributed by atoms with Crippen LogP contribution in [0.5, 0.6) is 0 Å². The molecule has 0 aliphatic carbocycles. The van der Waals surface area contributed by atoms with Gasteiger partial charge in [-0.05, 0) is 59.5 Å². The molecule has 2 rings (SSSR count). The zero-order valence-electron chi connectivity index (χ0n) is 10.3. The minimum absolute atomic E-state index is 0.483. The molecule has 0 aromatic heterocycles. The van der Waals surface area contributed by atoms with E-state index in [9.17, 15) is 0 Å². The number of rotatable bonds is 4. The molecule has 0 saturated carbocycles. The van der Waals surface area contributed by atoms with Crippen molar-refractivity contribution in [2.75, 3.05) is 19.8 Å². The highest BCUT2D eigenvalue weighted by atomic mass is 127. The summed E-state index contributed by atoms with van der Waals surface area (Å²) >= 11 is 2.44. The Balaban J connectivity index is 2.18. The third-order valence-corrected chi connectivity index (χ3v) is 4.38. The van der Waals surface area contributed by atoms with E-state index < -0.39 is 0 Å². The lowest BCUT2D eigenvalue weighted by Gasteiger charge is -2.31. The largest absolute Gasteiger partial charge is 0.381 e. The summed E-state index contributed by atoms with van der Waals surface area (Å²) in [6.45, 7) is 5.03. The first-order valence-corrected chi connectivity index (χ1v) is 7.46. The van der Waals surface area contributed by atoms with Crippen molar-refractivity contribution < 1.29 is 4.74 Å². The number of hydrogen-bond donors (Lipinski definition) is 1. The molecule has 17 heavy (non-hydrogen) atoms. The van der Waals surface area contributed by atoms with Crippen LogP contribution in [0, 0.1) is 9.49 Å². The number of nitrogens with one attached hydrogen (secondary N) is 1. The Labute approximate surface area is 117 Å². The number of benzene rings is 1. The zero-order chi connectivity index (χ0) is 12.1. The molecule has 1 heterocycles. The Morgan fingerprint density at radius 3 is 2.71 bits per heavy atom. The summed E-state index contributed by atoms with van der Waals surface area (Å²) < 4.78 is 6.83. The first kappa shape index (κ1) is 13.3. The zero-order valence-corrected chi connectivity index (χ0v) is 12.4. The first-order valence-electron chi connectivity index (χ1n) is 6.38. The lowest BCUT2D eigenvalue weighted by Crippen LogP contribution is -2.32. The molecule has 0 amide bonds. The maximum absolute atomic E-state index is 5.46. The van der Waals surface area contributed by atoms with E-state index in [-0.39, 0.29) is 0 Å². The fourth-order valence-corrected chi connectivity index (χ4v) is 3.25. The third-order valence-electron chi connectivity index (χ3n) is 3.40. The average Bonchev–Trinajstić information content (AvgIpc) is 2.38. The van der Waals surface area contributed by atoms with Crippen LogP contribution in [-0.4, -0.2) is 19.8 Å². The smallest absolute Gasteiger partial charge is 0.0469 e. The van der Waals surface area contributed by atoms with E-state index in [0.717, 1.165) is 19.8 Å². The van der Waals surface area contributed by atoms with E-state index >= 15 is 0 Å². The monoisotopic (exact) mass is 345 g/mol. The molecule has 1 aliphatic heterocycles. The Morgan fingerprint density at radius 2 is 2.06 bits per heavy atom.